The largest absolute Gasteiger partial charge is 0.494 e. The van der Waals surface area contributed by atoms with Gasteiger partial charge in [-0.3, -0.25) is 0 Å². The van der Waals surface area contributed by atoms with Crippen molar-refractivity contribution in [2.24, 2.45) is 5.92 Å². The van der Waals surface area contributed by atoms with Crippen molar-refractivity contribution in [1.29, 1.82) is 0 Å². The van der Waals surface area contributed by atoms with E-state index in [9.17, 15) is 0 Å². The fraction of sp³-hybridized carbons (Fsp3) is 0.667. The molecule has 1 aromatic carbocycles. The Morgan fingerprint density at radius 1 is 1.19 bits per heavy atom. The molecular formula is C18H29NO2. The van der Waals surface area contributed by atoms with Gasteiger partial charge in [0.25, 0.3) is 0 Å². The summed E-state index contributed by atoms with van der Waals surface area (Å²) in [6, 6.07) is 8.42. The first kappa shape index (κ1) is 16.3. The monoisotopic (exact) mass is 291 g/mol. The van der Waals surface area contributed by atoms with Crippen molar-refractivity contribution in [1.82, 2.24) is 5.32 Å². The molecular weight excluding hydrogens is 262 g/mol. The van der Waals surface area contributed by atoms with E-state index in [1.54, 1.807) is 0 Å². The zero-order valence-corrected chi connectivity index (χ0v) is 13.6. The van der Waals surface area contributed by atoms with Crippen LogP contribution in [-0.4, -0.2) is 26.4 Å². The van der Waals surface area contributed by atoms with Crippen LogP contribution in [0.2, 0.25) is 0 Å². The van der Waals surface area contributed by atoms with Crippen LogP contribution in [0.4, 0.5) is 0 Å². The molecule has 1 saturated carbocycles. The number of para-hydroxylation sites is 1. The Hall–Kier alpha value is -1.06. The van der Waals surface area contributed by atoms with Crippen LogP contribution in [0.15, 0.2) is 24.3 Å². The Balaban J connectivity index is 1.93. The lowest BCUT2D eigenvalue weighted by molar-refractivity contribution is 0.00850. The molecule has 118 valence electrons. The van der Waals surface area contributed by atoms with Crippen molar-refractivity contribution in [2.75, 3.05) is 20.3 Å². The van der Waals surface area contributed by atoms with E-state index in [-0.39, 0.29) is 6.04 Å². The van der Waals surface area contributed by atoms with Crippen LogP contribution in [0.5, 0.6) is 5.75 Å². The Morgan fingerprint density at radius 3 is 2.57 bits per heavy atom. The highest BCUT2D eigenvalue weighted by Gasteiger charge is 2.21. The second-order valence-electron chi connectivity index (χ2n) is 6.03. The molecule has 1 fully saturated rings. The number of hydrogen-bond donors (Lipinski definition) is 1. The quantitative estimate of drug-likeness (QED) is 0.825. The van der Waals surface area contributed by atoms with Crippen molar-refractivity contribution < 1.29 is 9.47 Å². The van der Waals surface area contributed by atoms with Gasteiger partial charge in [-0.25, -0.2) is 0 Å². The molecule has 0 spiro atoms. The molecule has 0 saturated heterocycles. The average Bonchev–Trinajstić information content (AvgIpc) is 2.51. The summed E-state index contributed by atoms with van der Waals surface area (Å²) in [4.78, 5) is 0. The molecule has 0 amide bonds. The van der Waals surface area contributed by atoms with Crippen molar-refractivity contribution in [3.05, 3.63) is 29.8 Å². The lowest BCUT2D eigenvalue weighted by atomic mass is 9.89. The SMILES string of the molecule is CCOc1ccccc1C(COC1CCC(C)CC1)NC. The van der Waals surface area contributed by atoms with E-state index in [1.165, 1.54) is 31.2 Å². The van der Waals surface area contributed by atoms with E-state index in [4.69, 9.17) is 9.47 Å². The maximum atomic E-state index is 6.15. The van der Waals surface area contributed by atoms with E-state index in [0.29, 0.717) is 19.3 Å². The summed E-state index contributed by atoms with van der Waals surface area (Å²) in [7, 11) is 1.99. The van der Waals surface area contributed by atoms with E-state index in [1.807, 2.05) is 26.1 Å². The van der Waals surface area contributed by atoms with E-state index in [0.717, 1.165) is 11.7 Å². The molecule has 21 heavy (non-hydrogen) atoms. The number of benzene rings is 1. The number of hydrogen-bond acceptors (Lipinski definition) is 3. The summed E-state index contributed by atoms with van der Waals surface area (Å²) < 4.78 is 11.9. The van der Waals surface area contributed by atoms with Crippen molar-refractivity contribution >= 4 is 0 Å². The smallest absolute Gasteiger partial charge is 0.124 e. The third-order valence-electron chi connectivity index (χ3n) is 4.40. The van der Waals surface area contributed by atoms with Gasteiger partial charge in [-0.15, -0.1) is 0 Å². The summed E-state index contributed by atoms with van der Waals surface area (Å²) in [5.41, 5.74) is 1.19. The molecule has 1 atom stereocenters. The van der Waals surface area contributed by atoms with Crippen LogP contribution >= 0.6 is 0 Å². The molecule has 1 aliphatic carbocycles. The average molecular weight is 291 g/mol. The summed E-state index contributed by atoms with van der Waals surface area (Å²) in [6.07, 6.45) is 5.42. The summed E-state index contributed by atoms with van der Waals surface area (Å²) >= 11 is 0. The van der Waals surface area contributed by atoms with Crippen LogP contribution < -0.4 is 10.1 Å². The molecule has 3 nitrogen and oxygen atoms in total. The molecule has 1 N–H and O–H groups in total. The van der Waals surface area contributed by atoms with Crippen LogP contribution in [0, 0.1) is 5.92 Å². The highest BCUT2D eigenvalue weighted by molar-refractivity contribution is 5.36. The molecule has 0 aromatic heterocycles. The third kappa shape index (κ3) is 4.72. The lowest BCUT2D eigenvalue weighted by Crippen LogP contribution is -2.27. The zero-order valence-electron chi connectivity index (χ0n) is 13.6. The highest BCUT2D eigenvalue weighted by Crippen LogP contribution is 2.28. The van der Waals surface area contributed by atoms with Gasteiger partial charge in [-0.1, -0.05) is 25.1 Å². The molecule has 1 aliphatic rings. The second-order valence-corrected chi connectivity index (χ2v) is 6.03. The summed E-state index contributed by atoms with van der Waals surface area (Å²) in [5, 5.41) is 3.36. The third-order valence-corrected chi connectivity index (χ3v) is 4.40. The molecule has 0 bridgehead atoms. The van der Waals surface area contributed by atoms with Crippen LogP contribution in [-0.2, 0) is 4.74 Å². The van der Waals surface area contributed by atoms with Gasteiger partial charge in [0, 0.05) is 5.56 Å². The van der Waals surface area contributed by atoms with Crippen LogP contribution in [0.3, 0.4) is 0 Å². The maximum Gasteiger partial charge on any atom is 0.124 e. The zero-order chi connectivity index (χ0) is 15.1. The van der Waals surface area contributed by atoms with Gasteiger partial charge in [0.1, 0.15) is 5.75 Å². The van der Waals surface area contributed by atoms with Crippen molar-refractivity contribution in [3.63, 3.8) is 0 Å². The van der Waals surface area contributed by atoms with E-state index < -0.39 is 0 Å². The van der Waals surface area contributed by atoms with Crippen molar-refractivity contribution in [3.8, 4) is 5.75 Å². The molecule has 3 heteroatoms. The van der Waals surface area contributed by atoms with Gasteiger partial charge in [-0.05, 0) is 51.6 Å². The fourth-order valence-corrected chi connectivity index (χ4v) is 3.01. The van der Waals surface area contributed by atoms with Gasteiger partial charge < -0.3 is 14.8 Å². The predicted octanol–water partition coefficient (Wildman–Crippen LogP) is 3.94. The minimum Gasteiger partial charge on any atom is -0.494 e. The maximum absolute atomic E-state index is 6.15. The predicted molar refractivity (Wildman–Crippen MR) is 86.8 cm³/mol. The molecule has 2 rings (SSSR count). The topological polar surface area (TPSA) is 30.5 Å². The van der Waals surface area contributed by atoms with Gasteiger partial charge in [0.15, 0.2) is 0 Å². The Labute approximate surface area is 129 Å². The van der Waals surface area contributed by atoms with Crippen LogP contribution in [0.25, 0.3) is 0 Å². The normalized spacial score (nSPS) is 23.8. The molecule has 0 heterocycles. The van der Waals surface area contributed by atoms with Crippen LogP contribution in [0.1, 0.15) is 51.1 Å². The highest BCUT2D eigenvalue weighted by atomic mass is 16.5. The first-order chi connectivity index (χ1) is 10.2. The Bertz CT molecular complexity index is 413. The molecule has 1 unspecified atom stereocenters. The second kappa shape index (κ2) is 8.40. The molecule has 0 radical (unpaired) electrons. The minimum atomic E-state index is 0.187. The number of nitrogens with one attached hydrogen (secondary N) is 1. The number of rotatable bonds is 7. The minimum absolute atomic E-state index is 0.187. The van der Waals surface area contributed by atoms with E-state index in [2.05, 4.69) is 24.4 Å². The lowest BCUT2D eigenvalue weighted by Gasteiger charge is -2.28. The van der Waals surface area contributed by atoms with Crippen molar-refractivity contribution in [2.45, 2.75) is 51.7 Å². The molecule has 0 aliphatic heterocycles. The van der Waals surface area contributed by atoms with Gasteiger partial charge in [0.05, 0.1) is 25.4 Å². The Morgan fingerprint density at radius 2 is 1.90 bits per heavy atom. The Kier molecular flexibility index (Phi) is 6.52. The van der Waals surface area contributed by atoms with Gasteiger partial charge in [-0.2, -0.15) is 0 Å². The first-order valence-electron chi connectivity index (χ1n) is 8.25. The van der Waals surface area contributed by atoms with Gasteiger partial charge in [0.2, 0.25) is 0 Å². The molecule has 1 aromatic rings. The number of ether oxygens (including phenoxy) is 2. The fourth-order valence-electron chi connectivity index (χ4n) is 3.01. The van der Waals surface area contributed by atoms with Gasteiger partial charge >= 0.3 is 0 Å². The first-order valence-corrected chi connectivity index (χ1v) is 8.25. The standard InChI is InChI=1S/C18H29NO2/c1-4-20-18-8-6-5-7-16(18)17(19-3)13-21-15-11-9-14(2)10-12-15/h5-8,14-15,17,19H,4,9-13H2,1-3H3. The summed E-state index contributed by atoms with van der Waals surface area (Å²) in [6.45, 7) is 5.75. The van der Waals surface area contributed by atoms with E-state index >= 15 is 0 Å². The number of likely N-dealkylation sites (N-methyl/N-ethyl adjacent to an activating group) is 1. The summed E-state index contributed by atoms with van der Waals surface area (Å²) in [5.74, 6) is 1.82.